The van der Waals surface area contributed by atoms with E-state index in [1.807, 2.05) is 25.1 Å². The minimum atomic E-state index is 0.0267. The van der Waals surface area contributed by atoms with Crippen molar-refractivity contribution in [2.75, 3.05) is 6.54 Å². The Balaban J connectivity index is 1.68. The van der Waals surface area contributed by atoms with Gasteiger partial charge in [0.25, 0.3) is 0 Å². The molecule has 1 aliphatic rings. The van der Waals surface area contributed by atoms with Crippen molar-refractivity contribution in [1.82, 2.24) is 5.32 Å². The fraction of sp³-hybridized carbons (Fsp3) is 0.350. The van der Waals surface area contributed by atoms with Gasteiger partial charge in [0.1, 0.15) is 0 Å². The summed E-state index contributed by atoms with van der Waals surface area (Å²) in [5.74, 6) is 0.292. The predicted octanol–water partition coefficient (Wildman–Crippen LogP) is 3.95. The summed E-state index contributed by atoms with van der Waals surface area (Å²) in [5, 5.41) is 3.60. The summed E-state index contributed by atoms with van der Waals surface area (Å²) in [6.07, 6.45) is 2.07. The summed E-state index contributed by atoms with van der Waals surface area (Å²) in [7, 11) is 0. The first-order valence-corrected chi connectivity index (χ1v) is 8.15. The molecule has 0 saturated heterocycles. The molecule has 1 aliphatic carbocycles. The zero-order valence-corrected chi connectivity index (χ0v) is 13.3. The van der Waals surface area contributed by atoms with E-state index in [-0.39, 0.29) is 17.7 Å². The second kappa shape index (κ2) is 6.45. The fourth-order valence-corrected chi connectivity index (χ4v) is 3.45. The molecule has 2 atom stereocenters. The lowest BCUT2D eigenvalue weighted by atomic mass is 10.0. The van der Waals surface area contributed by atoms with E-state index in [1.54, 1.807) is 0 Å². The molecule has 0 radical (unpaired) electrons. The van der Waals surface area contributed by atoms with Crippen LogP contribution in [0.4, 0.5) is 0 Å². The predicted molar refractivity (Wildman–Crippen MR) is 90.2 cm³/mol. The molecule has 0 amide bonds. The molecular weight excluding hydrogens is 270 g/mol. The van der Waals surface area contributed by atoms with Crippen LogP contribution in [0, 0.1) is 5.92 Å². The molecule has 0 aromatic heterocycles. The molecule has 2 nitrogen and oxygen atoms in total. The Morgan fingerprint density at radius 3 is 2.45 bits per heavy atom. The molecule has 1 N–H and O–H groups in total. The molecule has 0 aliphatic heterocycles. The first-order chi connectivity index (χ1) is 10.7. The van der Waals surface area contributed by atoms with Gasteiger partial charge in [0.15, 0.2) is 5.78 Å². The fourth-order valence-electron chi connectivity index (χ4n) is 3.45. The number of rotatable bonds is 5. The number of carbonyl (C=O) groups excluding carboxylic acids is 1. The molecule has 0 bridgehead atoms. The monoisotopic (exact) mass is 293 g/mol. The van der Waals surface area contributed by atoms with E-state index in [9.17, 15) is 4.79 Å². The molecule has 2 heteroatoms. The van der Waals surface area contributed by atoms with E-state index in [0.717, 1.165) is 30.5 Å². The SMILES string of the molecule is CCc1ccccc1CCNC1c2ccccc2C(=O)C1C. The van der Waals surface area contributed by atoms with Crippen LogP contribution in [0.1, 0.15) is 46.9 Å². The van der Waals surface area contributed by atoms with Crippen LogP contribution in [0.25, 0.3) is 0 Å². The van der Waals surface area contributed by atoms with E-state index in [2.05, 4.69) is 42.6 Å². The lowest BCUT2D eigenvalue weighted by Crippen LogP contribution is -2.27. The van der Waals surface area contributed by atoms with E-state index < -0.39 is 0 Å². The normalized spacial score (nSPS) is 20.2. The number of Topliss-reactive ketones (excluding diaryl/α,β-unsaturated/α-hetero) is 1. The molecule has 2 aromatic rings. The maximum atomic E-state index is 12.3. The van der Waals surface area contributed by atoms with Gasteiger partial charge in [0.05, 0.1) is 0 Å². The quantitative estimate of drug-likeness (QED) is 0.904. The third kappa shape index (κ3) is 2.71. The van der Waals surface area contributed by atoms with Crippen molar-refractivity contribution in [2.45, 2.75) is 32.7 Å². The highest BCUT2D eigenvalue weighted by Gasteiger charge is 2.35. The Hall–Kier alpha value is -1.93. The van der Waals surface area contributed by atoms with Gasteiger partial charge in [-0.15, -0.1) is 0 Å². The van der Waals surface area contributed by atoms with Gasteiger partial charge in [-0.25, -0.2) is 0 Å². The van der Waals surface area contributed by atoms with E-state index >= 15 is 0 Å². The van der Waals surface area contributed by atoms with Gasteiger partial charge in [-0.05, 0) is 36.1 Å². The van der Waals surface area contributed by atoms with Gasteiger partial charge in [-0.1, -0.05) is 62.4 Å². The van der Waals surface area contributed by atoms with Crippen LogP contribution < -0.4 is 5.32 Å². The topological polar surface area (TPSA) is 29.1 Å². The Bertz CT molecular complexity index is 677. The summed E-state index contributed by atoms with van der Waals surface area (Å²) in [4.78, 5) is 12.3. The van der Waals surface area contributed by atoms with Crippen molar-refractivity contribution in [1.29, 1.82) is 0 Å². The van der Waals surface area contributed by atoms with Crippen molar-refractivity contribution < 1.29 is 4.79 Å². The molecule has 0 saturated carbocycles. The summed E-state index contributed by atoms with van der Waals surface area (Å²) in [6, 6.07) is 16.8. The maximum Gasteiger partial charge on any atom is 0.167 e. The molecule has 0 spiro atoms. The van der Waals surface area contributed by atoms with Gasteiger partial charge in [-0.2, -0.15) is 0 Å². The van der Waals surface area contributed by atoms with E-state index in [4.69, 9.17) is 0 Å². The van der Waals surface area contributed by atoms with E-state index in [1.165, 1.54) is 11.1 Å². The average Bonchev–Trinajstić information content (AvgIpc) is 2.80. The third-order valence-corrected chi connectivity index (χ3v) is 4.73. The minimum absolute atomic E-state index is 0.0267. The third-order valence-electron chi connectivity index (χ3n) is 4.73. The van der Waals surface area contributed by atoms with Crippen LogP contribution in [-0.2, 0) is 12.8 Å². The van der Waals surface area contributed by atoms with Gasteiger partial charge in [0.2, 0.25) is 0 Å². The molecular formula is C20H23NO. The highest BCUT2D eigenvalue weighted by atomic mass is 16.1. The highest BCUT2D eigenvalue weighted by molar-refractivity contribution is 6.02. The average molecular weight is 293 g/mol. The van der Waals surface area contributed by atoms with Crippen molar-refractivity contribution in [3.63, 3.8) is 0 Å². The molecule has 3 rings (SSSR count). The minimum Gasteiger partial charge on any atom is -0.309 e. The largest absolute Gasteiger partial charge is 0.309 e. The Morgan fingerprint density at radius 1 is 1.00 bits per heavy atom. The zero-order valence-electron chi connectivity index (χ0n) is 13.3. The standard InChI is InChI=1S/C20H23NO/c1-3-15-8-4-5-9-16(15)12-13-21-19-14(2)20(22)18-11-7-6-10-17(18)19/h4-11,14,19,21H,3,12-13H2,1-2H3. The number of fused-ring (bicyclic) bond motifs is 1. The summed E-state index contributed by atoms with van der Waals surface area (Å²) < 4.78 is 0. The smallest absolute Gasteiger partial charge is 0.167 e. The second-order valence-corrected chi connectivity index (χ2v) is 6.04. The summed E-state index contributed by atoms with van der Waals surface area (Å²) >= 11 is 0. The van der Waals surface area contributed by atoms with Crippen LogP contribution in [0.3, 0.4) is 0 Å². The van der Waals surface area contributed by atoms with Crippen LogP contribution in [-0.4, -0.2) is 12.3 Å². The number of nitrogens with one attached hydrogen (secondary N) is 1. The van der Waals surface area contributed by atoms with Crippen LogP contribution in [0.15, 0.2) is 48.5 Å². The summed E-state index contributed by atoms with van der Waals surface area (Å²) in [6.45, 7) is 5.12. The molecule has 114 valence electrons. The van der Waals surface area contributed by atoms with Crippen molar-refractivity contribution in [2.24, 2.45) is 5.92 Å². The molecule has 0 heterocycles. The number of ketones is 1. The molecule has 22 heavy (non-hydrogen) atoms. The lowest BCUT2D eigenvalue weighted by Gasteiger charge is -2.18. The molecule has 0 fully saturated rings. The molecule has 2 aromatic carbocycles. The van der Waals surface area contributed by atoms with Crippen molar-refractivity contribution in [3.8, 4) is 0 Å². The van der Waals surface area contributed by atoms with Crippen LogP contribution >= 0.6 is 0 Å². The van der Waals surface area contributed by atoms with Crippen molar-refractivity contribution in [3.05, 3.63) is 70.8 Å². The van der Waals surface area contributed by atoms with Gasteiger partial charge >= 0.3 is 0 Å². The van der Waals surface area contributed by atoms with Gasteiger partial charge < -0.3 is 5.32 Å². The number of benzene rings is 2. The van der Waals surface area contributed by atoms with Crippen LogP contribution in [0.2, 0.25) is 0 Å². The van der Waals surface area contributed by atoms with Gasteiger partial charge in [-0.3, -0.25) is 4.79 Å². The van der Waals surface area contributed by atoms with Gasteiger partial charge in [0, 0.05) is 17.5 Å². The highest BCUT2D eigenvalue weighted by Crippen LogP contribution is 2.35. The lowest BCUT2D eigenvalue weighted by molar-refractivity contribution is 0.0927. The number of hydrogen-bond acceptors (Lipinski definition) is 2. The van der Waals surface area contributed by atoms with Crippen LogP contribution in [0.5, 0.6) is 0 Å². The molecule has 2 unspecified atom stereocenters. The van der Waals surface area contributed by atoms with E-state index in [0.29, 0.717) is 0 Å². The maximum absolute atomic E-state index is 12.3. The second-order valence-electron chi connectivity index (χ2n) is 6.04. The first-order valence-electron chi connectivity index (χ1n) is 8.15. The first kappa shape index (κ1) is 15.0. The number of aryl methyl sites for hydroxylation is 1. The Morgan fingerprint density at radius 2 is 1.68 bits per heavy atom. The Labute approximate surface area is 132 Å². The number of hydrogen-bond donors (Lipinski definition) is 1. The zero-order chi connectivity index (χ0) is 15.5. The Kier molecular flexibility index (Phi) is 4.39. The number of carbonyl (C=O) groups is 1. The summed E-state index contributed by atoms with van der Waals surface area (Å²) in [5.41, 5.74) is 4.87. The van der Waals surface area contributed by atoms with Crippen molar-refractivity contribution >= 4 is 5.78 Å².